The Bertz CT molecular complexity index is 786. The van der Waals surface area contributed by atoms with Gasteiger partial charge in [0.1, 0.15) is 0 Å². The topological polar surface area (TPSA) is 65.4 Å². The maximum absolute atomic E-state index is 12.2. The van der Waals surface area contributed by atoms with Gasteiger partial charge in [0.2, 0.25) is 5.91 Å². The smallest absolute Gasteiger partial charge is 0.224 e. The lowest BCUT2D eigenvalue weighted by Crippen LogP contribution is -2.36. The maximum atomic E-state index is 12.2. The molecule has 3 rings (SSSR count). The number of aryl methyl sites for hydroxylation is 1. The number of nitriles is 1. The molecule has 5 heteroatoms. The average Bonchev–Trinajstić information content (AvgIpc) is 2.73. The molecule has 0 spiro atoms. The number of methoxy groups -OCH3 is 1. The van der Waals surface area contributed by atoms with Gasteiger partial charge in [-0.15, -0.1) is 0 Å². The van der Waals surface area contributed by atoms with Gasteiger partial charge >= 0.3 is 0 Å². The van der Waals surface area contributed by atoms with Gasteiger partial charge in [0, 0.05) is 38.0 Å². The zero-order chi connectivity index (χ0) is 19.1. The fraction of sp³-hybridized carbons (Fsp3) is 0.364. The van der Waals surface area contributed by atoms with Crippen LogP contribution >= 0.6 is 0 Å². The SMILES string of the molecule is COC1CCN(c2ccc(NC(=O)CCc3ccc(C#N)cc3)cc2)CC1. The quantitative estimate of drug-likeness (QED) is 0.849. The Morgan fingerprint density at radius 3 is 2.41 bits per heavy atom. The minimum Gasteiger partial charge on any atom is -0.381 e. The molecular formula is C22H25N3O2. The van der Waals surface area contributed by atoms with Crippen LogP contribution in [0.25, 0.3) is 0 Å². The first-order valence-corrected chi connectivity index (χ1v) is 9.34. The Morgan fingerprint density at radius 2 is 1.81 bits per heavy atom. The molecule has 1 aliphatic heterocycles. The van der Waals surface area contributed by atoms with Crippen LogP contribution in [-0.4, -0.2) is 32.2 Å². The van der Waals surface area contributed by atoms with Gasteiger partial charge < -0.3 is 15.0 Å². The van der Waals surface area contributed by atoms with Crippen LogP contribution in [-0.2, 0) is 16.0 Å². The van der Waals surface area contributed by atoms with Gasteiger partial charge in [0.15, 0.2) is 0 Å². The standard InChI is InChI=1S/C22H25N3O2/c1-27-21-12-14-25(15-13-21)20-9-7-19(8-10-20)24-22(26)11-6-17-2-4-18(16-23)5-3-17/h2-5,7-10,21H,6,11-15H2,1H3,(H,24,26). The maximum Gasteiger partial charge on any atom is 0.224 e. The molecule has 1 amide bonds. The van der Waals surface area contributed by atoms with Gasteiger partial charge in [-0.05, 0) is 61.2 Å². The monoisotopic (exact) mass is 363 g/mol. The molecular weight excluding hydrogens is 338 g/mol. The van der Waals surface area contributed by atoms with E-state index in [-0.39, 0.29) is 5.91 Å². The van der Waals surface area contributed by atoms with Crippen LogP contribution in [0, 0.1) is 11.3 Å². The molecule has 5 nitrogen and oxygen atoms in total. The number of amides is 1. The molecule has 1 fully saturated rings. The van der Waals surface area contributed by atoms with Gasteiger partial charge in [-0.1, -0.05) is 12.1 Å². The third-order valence-corrected chi connectivity index (χ3v) is 5.02. The highest BCUT2D eigenvalue weighted by Gasteiger charge is 2.18. The minimum absolute atomic E-state index is 0.00646. The summed E-state index contributed by atoms with van der Waals surface area (Å²) >= 11 is 0. The number of anilines is 2. The van der Waals surface area contributed by atoms with Crippen molar-refractivity contribution in [1.29, 1.82) is 5.26 Å². The summed E-state index contributed by atoms with van der Waals surface area (Å²) in [5.41, 5.74) is 3.68. The fourth-order valence-electron chi connectivity index (χ4n) is 3.33. The summed E-state index contributed by atoms with van der Waals surface area (Å²) in [6.07, 6.45) is 3.53. The summed E-state index contributed by atoms with van der Waals surface area (Å²) in [4.78, 5) is 14.5. The van der Waals surface area contributed by atoms with E-state index < -0.39 is 0 Å². The van der Waals surface area contributed by atoms with Crippen molar-refractivity contribution in [2.24, 2.45) is 0 Å². The molecule has 0 aliphatic carbocycles. The van der Waals surface area contributed by atoms with Gasteiger partial charge in [-0.2, -0.15) is 5.26 Å². The molecule has 1 heterocycles. The zero-order valence-electron chi connectivity index (χ0n) is 15.6. The molecule has 1 saturated heterocycles. The number of carbonyl (C=O) groups excluding carboxylic acids is 1. The molecule has 1 aliphatic rings. The second-order valence-electron chi connectivity index (χ2n) is 6.83. The van der Waals surface area contributed by atoms with E-state index in [0.717, 1.165) is 37.2 Å². The number of ether oxygens (including phenoxy) is 1. The molecule has 0 saturated carbocycles. The summed E-state index contributed by atoms with van der Waals surface area (Å²) in [7, 11) is 1.78. The molecule has 0 unspecified atom stereocenters. The highest BCUT2D eigenvalue weighted by atomic mass is 16.5. The van der Waals surface area contributed by atoms with Crippen LogP contribution in [0.1, 0.15) is 30.4 Å². The molecule has 0 bridgehead atoms. The number of carbonyl (C=O) groups is 1. The van der Waals surface area contributed by atoms with Crippen molar-refractivity contribution in [3.05, 3.63) is 59.7 Å². The number of nitrogens with one attached hydrogen (secondary N) is 1. The Hall–Kier alpha value is -2.84. The van der Waals surface area contributed by atoms with Gasteiger partial charge in [0.05, 0.1) is 17.7 Å². The van der Waals surface area contributed by atoms with Gasteiger partial charge in [-0.3, -0.25) is 4.79 Å². The number of rotatable bonds is 6. The van der Waals surface area contributed by atoms with Crippen LogP contribution in [0.5, 0.6) is 0 Å². The fourth-order valence-corrected chi connectivity index (χ4v) is 3.33. The molecule has 2 aromatic carbocycles. The molecule has 0 atom stereocenters. The van der Waals surface area contributed by atoms with Crippen molar-refractivity contribution < 1.29 is 9.53 Å². The Morgan fingerprint density at radius 1 is 1.15 bits per heavy atom. The van der Waals surface area contributed by atoms with E-state index in [2.05, 4.69) is 28.4 Å². The lowest BCUT2D eigenvalue weighted by Gasteiger charge is -2.33. The first-order chi connectivity index (χ1) is 13.2. The Kier molecular flexibility index (Phi) is 6.45. The van der Waals surface area contributed by atoms with Crippen LogP contribution in [0.15, 0.2) is 48.5 Å². The van der Waals surface area contributed by atoms with E-state index in [1.807, 2.05) is 24.3 Å². The second-order valence-corrected chi connectivity index (χ2v) is 6.83. The summed E-state index contributed by atoms with van der Waals surface area (Å²) in [5, 5.41) is 11.8. The normalized spacial score (nSPS) is 14.6. The summed E-state index contributed by atoms with van der Waals surface area (Å²) in [6, 6.07) is 17.5. The number of benzene rings is 2. The van der Waals surface area contributed by atoms with Gasteiger partial charge in [0.25, 0.3) is 0 Å². The second kappa shape index (κ2) is 9.20. The van der Waals surface area contributed by atoms with Crippen molar-refractivity contribution in [2.45, 2.75) is 31.8 Å². The highest BCUT2D eigenvalue weighted by molar-refractivity contribution is 5.91. The zero-order valence-corrected chi connectivity index (χ0v) is 15.6. The lowest BCUT2D eigenvalue weighted by molar-refractivity contribution is -0.116. The predicted molar refractivity (Wildman–Crippen MR) is 107 cm³/mol. The van der Waals surface area contributed by atoms with Crippen molar-refractivity contribution in [3.63, 3.8) is 0 Å². The van der Waals surface area contributed by atoms with Crippen molar-refractivity contribution in [2.75, 3.05) is 30.4 Å². The minimum atomic E-state index is -0.00646. The molecule has 0 aromatic heterocycles. The third-order valence-electron chi connectivity index (χ3n) is 5.02. The molecule has 2 aromatic rings. The predicted octanol–water partition coefficient (Wildman–Crippen LogP) is 3.74. The number of piperidine rings is 1. The summed E-state index contributed by atoms with van der Waals surface area (Å²) in [6.45, 7) is 1.99. The largest absolute Gasteiger partial charge is 0.381 e. The van der Waals surface area contributed by atoms with Crippen molar-refractivity contribution in [1.82, 2.24) is 0 Å². The van der Waals surface area contributed by atoms with E-state index in [0.29, 0.717) is 24.5 Å². The molecule has 0 radical (unpaired) electrons. The molecule has 140 valence electrons. The van der Waals surface area contributed by atoms with E-state index in [4.69, 9.17) is 10.00 Å². The van der Waals surface area contributed by atoms with E-state index in [1.165, 1.54) is 5.69 Å². The summed E-state index contributed by atoms with van der Waals surface area (Å²) in [5.74, 6) is -0.00646. The molecule has 27 heavy (non-hydrogen) atoms. The number of hydrogen-bond acceptors (Lipinski definition) is 4. The summed E-state index contributed by atoms with van der Waals surface area (Å²) < 4.78 is 5.42. The lowest BCUT2D eigenvalue weighted by atomic mass is 10.1. The van der Waals surface area contributed by atoms with Crippen LogP contribution in [0.4, 0.5) is 11.4 Å². The Labute approximate surface area is 160 Å². The van der Waals surface area contributed by atoms with Crippen LogP contribution < -0.4 is 10.2 Å². The van der Waals surface area contributed by atoms with E-state index >= 15 is 0 Å². The van der Waals surface area contributed by atoms with E-state index in [1.54, 1.807) is 19.2 Å². The first kappa shape index (κ1) is 18.9. The van der Waals surface area contributed by atoms with Crippen molar-refractivity contribution in [3.8, 4) is 6.07 Å². The van der Waals surface area contributed by atoms with E-state index in [9.17, 15) is 4.79 Å². The highest BCUT2D eigenvalue weighted by Crippen LogP contribution is 2.23. The number of nitrogens with zero attached hydrogens (tertiary/aromatic N) is 2. The van der Waals surface area contributed by atoms with Crippen molar-refractivity contribution >= 4 is 17.3 Å². The molecule has 1 N–H and O–H groups in total. The first-order valence-electron chi connectivity index (χ1n) is 9.34. The average molecular weight is 363 g/mol. The Balaban J connectivity index is 1.47. The number of hydrogen-bond donors (Lipinski definition) is 1. The third kappa shape index (κ3) is 5.32. The van der Waals surface area contributed by atoms with Crippen LogP contribution in [0.2, 0.25) is 0 Å². The van der Waals surface area contributed by atoms with Gasteiger partial charge in [-0.25, -0.2) is 0 Å². The van der Waals surface area contributed by atoms with Crippen LogP contribution in [0.3, 0.4) is 0 Å².